The highest BCUT2D eigenvalue weighted by molar-refractivity contribution is 5.74. The molecule has 4 aromatic rings. The van der Waals surface area contributed by atoms with Gasteiger partial charge in [-0.25, -0.2) is 13.2 Å². The fourth-order valence-electron chi connectivity index (χ4n) is 3.69. The maximum atomic E-state index is 14.8. The normalized spacial score (nSPS) is 11.7. The van der Waals surface area contributed by atoms with Crippen LogP contribution in [0, 0.1) is 17.5 Å². The molecule has 0 radical (unpaired) electrons. The molecule has 0 aliphatic heterocycles. The number of hydrogen-bond acceptors (Lipinski definition) is 1. The molecule has 0 atom stereocenters. The lowest BCUT2D eigenvalue weighted by molar-refractivity contribution is -0.276. The SMILES string of the molecule is C/C=C/c1ccc(-c2ccc(-c3ccc(-c4cc(F)c(OC(F)(F)F)c(F)c4)c(F)c3)cc2)cc1. The molecule has 0 unspecified atom stereocenters. The van der Waals surface area contributed by atoms with Gasteiger partial charge in [-0.05, 0) is 58.5 Å². The molecule has 35 heavy (non-hydrogen) atoms. The standard InChI is InChI=1S/C28H18F6O/c1-2-3-17-4-6-18(7-5-17)19-8-10-20(11-9-19)21-12-13-23(24(29)14-21)22-15-25(30)27(26(31)16-22)35-28(32,33)34/h2-16H,1H3/b3-2+. The Balaban J connectivity index is 1.59. The van der Waals surface area contributed by atoms with Crippen molar-refractivity contribution in [3.05, 3.63) is 108 Å². The largest absolute Gasteiger partial charge is 0.573 e. The van der Waals surface area contributed by atoms with Crippen LogP contribution in [0.25, 0.3) is 39.5 Å². The van der Waals surface area contributed by atoms with Crippen molar-refractivity contribution in [2.75, 3.05) is 0 Å². The van der Waals surface area contributed by atoms with Crippen LogP contribution in [-0.2, 0) is 0 Å². The van der Waals surface area contributed by atoms with E-state index in [1.807, 2.05) is 67.6 Å². The van der Waals surface area contributed by atoms with Gasteiger partial charge in [0, 0.05) is 5.56 Å². The molecule has 178 valence electrons. The molecule has 0 amide bonds. The lowest BCUT2D eigenvalue weighted by Gasteiger charge is -2.13. The molecular weight excluding hydrogens is 466 g/mol. The topological polar surface area (TPSA) is 9.23 Å². The van der Waals surface area contributed by atoms with Gasteiger partial charge in [-0.15, -0.1) is 13.2 Å². The second-order valence-corrected chi connectivity index (χ2v) is 7.71. The van der Waals surface area contributed by atoms with Gasteiger partial charge in [0.1, 0.15) is 5.82 Å². The van der Waals surface area contributed by atoms with Crippen LogP contribution in [0.5, 0.6) is 5.75 Å². The Morgan fingerprint density at radius 1 is 0.600 bits per heavy atom. The van der Waals surface area contributed by atoms with Gasteiger partial charge >= 0.3 is 6.36 Å². The third-order valence-corrected chi connectivity index (χ3v) is 5.32. The average molecular weight is 484 g/mol. The fourth-order valence-corrected chi connectivity index (χ4v) is 3.69. The maximum Gasteiger partial charge on any atom is 0.573 e. The highest BCUT2D eigenvalue weighted by atomic mass is 19.4. The molecule has 0 saturated carbocycles. The Hall–Kier alpha value is -4.00. The molecule has 0 saturated heterocycles. The van der Waals surface area contributed by atoms with Gasteiger partial charge in [0.25, 0.3) is 0 Å². The lowest BCUT2D eigenvalue weighted by atomic mass is 9.97. The molecule has 0 bridgehead atoms. The van der Waals surface area contributed by atoms with E-state index in [1.54, 1.807) is 6.07 Å². The number of rotatable bonds is 5. The van der Waals surface area contributed by atoms with Gasteiger partial charge in [-0.3, -0.25) is 0 Å². The molecule has 1 nitrogen and oxygen atoms in total. The maximum absolute atomic E-state index is 14.8. The van der Waals surface area contributed by atoms with Gasteiger partial charge in [-0.2, -0.15) is 0 Å². The molecular formula is C28H18F6O. The second-order valence-electron chi connectivity index (χ2n) is 7.71. The highest BCUT2D eigenvalue weighted by Gasteiger charge is 2.34. The molecule has 0 N–H and O–H groups in total. The van der Waals surface area contributed by atoms with Crippen molar-refractivity contribution >= 4 is 6.08 Å². The van der Waals surface area contributed by atoms with Crippen LogP contribution in [0.3, 0.4) is 0 Å². The lowest BCUT2D eigenvalue weighted by Crippen LogP contribution is -2.19. The van der Waals surface area contributed by atoms with E-state index in [1.165, 1.54) is 12.1 Å². The summed E-state index contributed by atoms with van der Waals surface area (Å²) in [5.41, 5.74) is 3.91. The molecule has 0 aromatic heterocycles. The summed E-state index contributed by atoms with van der Waals surface area (Å²) in [5.74, 6) is -5.55. The molecule has 0 fully saturated rings. The number of hydrogen-bond donors (Lipinski definition) is 0. The third kappa shape index (κ3) is 5.57. The van der Waals surface area contributed by atoms with Crippen molar-refractivity contribution in [3.63, 3.8) is 0 Å². The van der Waals surface area contributed by atoms with E-state index in [9.17, 15) is 26.3 Å². The Morgan fingerprint density at radius 2 is 1.06 bits per heavy atom. The summed E-state index contributed by atoms with van der Waals surface area (Å²) in [6, 6.07) is 20.7. The van der Waals surface area contributed by atoms with E-state index >= 15 is 0 Å². The number of alkyl halides is 3. The van der Waals surface area contributed by atoms with Crippen LogP contribution in [0.1, 0.15) is 12.5 Å². The van der Waals surface area contributed by atoms with E-state index in [2.05, 4.69) is 4.74 Å². The molecule has 0 spiro atoms. The number of ether oxygens (including phenoxy) is 1. The van der Waals surface area contributed by atoms with Gasteiger partial charge in [0.2, 0.25) is 5.75 Å². The highest BCUT2D eigenvalue weighted by Crippen LogP contribution is 2.35. The monoisotopic (exact) mass is 484 g/mol. The summed E-state index contributed by atoms with van der Waals surface area (Å²) in [5, 5.41) is 0. The number of halogens is 6. The van der Waals surface area contributed by atoms with Crippen molar-refractivity contribution in [3.8, 4) is 39.1 Å². The van der Waals surface area contributed by atoms with E-state index in [-0.39, 0.29) is 11.1 Å². The third-order valence-electron chi connectivity index (χ3n) is 5.32. The van der Waals surface area contributed by atoms with Crippen molar-refractivity contribution in [2.24, 2.45) is 0 Å². The number of benzene rings is 4. The first-order valence-electron chi connectivity index (χ1n) is 10.5. The molecule has 4 aromatic carbocycles. The van der Waals surface area contributed by atoms with Crippen molar-refractivity contribution in [1.29, 1.82) is 0 Å². The summed E-state index contributed by atoms with van der Waals surface area (Å²) < 4.78 is 83.3. The Kier molecular flexibility index (Phi) is 6.69. The first kappa shape index (κ1) is 24.1. The van der Waals surface area contributed by atoms with Crippen LogP contribution >= 0.6 is 0 Å². The second kappa shape index (κ2) is 9.70. The van der Waals surface area contributed by atoms with E-state index in [0.717, 1.165) is 22.3 Å². The van der Waals surface area contributed by atoms with Gasteiger partial charge in [-0.1, -0.05) is 72.8 Å². The molecule has 0 aliphatic rings. The van der Waals surface area contributed by atoms with Crippen LogP contribution < -0.4 is 4.74 Å². The summed E-state index contributed by atoms with van der Waals surface area (Å²) in [7, 11) is 0. The summed E-state index contributed by atoms with van der Waals surface area (Å²) in [4.78, 5) is 0. The summed E-state index contributed by atoms with van der Waals surface area (Å²) >= 11 is 0. The molecule has 7 heteroatoms. The predicted molar refractivity (Wildman–Crippen MR) is 124 cm³/mol. The van der Waals surface area contributed by atoms with Crippen LogP contribution in [0.2, 0.25) is 0 Å². The van der Waals surface area contributed by atoms with Crippen molar-refractivity contribution in [1.82, 2.24) is 0 Å². The van der Waals surface area contributed by atoms with Gasteiger partial charge < -0.3 is 4.74 Å². The molecule has 4 rings (SSSR count). The van der Waals surface area contributed by atoms with Crippen LogP contribution in [0.15, 0.2) is 84.9 Å². The minimum absolute atomic E-state index is 0.164. The Labute approximate surface area is 197 Å². The van der Waals surface area contributed by atoms with Crippen molar-refractivity contribution in [2.45, 2.75) is 13.3 Å². The average Bonchev–Trinajstić information content (AvgIpc) is 2.81. The smallest absolute Gasteiger partial charge is 0.399 e. The van der Waals surface area contributed by atoms with Gasteiger partial charge in [0.05, 0.1) is 0 Å². The minimum Gasteiger partial charge on any atom is -0.399 e. The minimum atomic E-state index is -5.26. The first-order chi connectivity index (χ1) is 16.6. The van der Waals surface area contributed by atoms with Crippen LogP contribution in [0.4, 0.5) is 26.3 Å². The molecule has 0 heterocycles. The van der Waals surface area contributed by atoms with E-state index < -0.39 is 29.6 Å². The molecule has 0 aliphatic carbocycles. The summed E-state index contributed by atoms with van der Waals surface area (Å²) in [6.45, 7) is 1.95. The Bertz CT molecular complexity index is 1350. The van der Waals surface area contributed by atoms with Crippen LogP contribution in [-0.4, -0.2) is 6.36 Å². The van der Waals surface area contributed by atoms with E-state index in [0.29, 0.717) is 17.7 Å². The van der Waals surface area contributed by atoms with Crippen molar-refractivity contribution < 1.29 is 31.1 Å². The predicted octanol–water partition coefficient (Wildman–Crippen LogP) is 9.04. The van der Waals surface area contributed by atoms with Gasteiger partial charge in [0.15, 0.2) is 11.6 Å². The zero-order valence-corrected chi connectivity index (χ0v) is 18.3. The first-order valence-corrected chi connectivity index (χ1v) is 10.5. The quantitative estimate of drug-likeness (QED) is 0.257. The number of allylic oxidation sites excluding steroid dienone is 1. The zero-order chi connectivity index (χ0) is 25.2. The Morgan fingerprint density at radius 3 is 1.54 bits per heavy atom. The van der Waals surface area contributed by atoms with E-state index in [4.69, 9.17) is 0 Å². The fraction of sp³-hybridized carbons (Fsp3) is 0.0714. The summed E-state index contributed by atoms with van der Waals surface area (Å²) in [6.07, 6.45) is -1.31. The zero-order valence-electron chi connectivity index (χ0n) is 18.3.